The SMILES string of the molecule is C=CCCC1CCC(O)C1. The molecule has 0 saturated heterocycles. The molecule has 0 heterocycles. The molecule has 0 radical (unpaired) electrons. The minimum atomic E-state index is -0.00480. The first-order valence-corrected chi connectivity index (χ1v) is 4.12. The molecule has 0 aromatic carbocycles. The summed E-state index contributed by atoms with van der Waals surface area (Å²) in [7, 11) is 0. The second-order valence-corrected chi connectivity index (χ2v) is 3.20. The third-order valence-electron chi connectivity index (χ3n) is 2.29. The predicted molar refractivity (Wildman–Crippen MR) is 42.8 cm³/mol. The van der Waals surface area contributed by atoms with E-state index in [9.17, 15) is 5.11 Å². The van der Waals surface area contributed by atoms with Gasteiger partial charge in [-0.15, -0.1) is 6.58 Å². The number of aliphatic hydroxyl groups excluding tert-OH is 1. The van der Waals surface area contributed by atoms with Gasteiger partial charge >= 0.3 is 0 Å². The average molecular weight is 140 g/mol. The van der Waals surface area contributed by atoms with Crippen LogP contribution in [-0.2, 0) is 0 Å². The van der Waals surface area contributed by atoms with Crippen LogP contribution in [0.5, 0.6) is 0 Å². The Kier molecular flexibility index (Phi) is 2.94. The zero-order valence-electron chi connectivity index (χ0n) is 6.42. The third kappa shape index (κ3) is 2.14. The van der Waals surface area contributed by atoms with E-state index in [1.807, 2.05) is 6.08 Å². The van der Waals surface area contributed by atoms with Crippen LogP contribution in [0.2, 0.25) is 0 Å². The summed E-state index contributed by atoms with van der Waals surface area (Å²) in [6, 6.07) is 0. The molecule has 0 aromatic heterocycles. The van der Waals surface area contributed by atoms with Crippen LogP contribution in [0.15, 0.2) is 12.7 Å². The van der Waals surface area contributed by atoms with Crippen molar-refractivity contribution < 1.29 is 5.11 Å². The maximum absolute atomic E-state index is 9.17. The summed E-state index contributed by atoms with van der Waals surface area (Å²) in [6.45, 7) is 3.68. The molecule has 1 heteroatoms. The van der Waals surface area contributed by atoms with Crippen molar-refractivity contribution in [1.82, 2.24) is 0 Å². The first-order chi connectivity index (χ1) is 4.83. The normalized spacial score (nSPS) is 32.5. The van der Waals surface area contributed by atoms with E-state index in [1.54, 1.807) is 0 Å². The molecule has 0 spiro atoms. The van der Waals surface area contributed by atoms with Gasteiger partial charge in [0.05, 0.1) is 6.10 Å². The Morgan fingerprint density at radius 3 is 2.80 bits per heavy atom. The lowest BCUT2D eigenvalue weighted by atomic mass is 10.0. The Bertz CT molecular complexity index is 109. The van der Waals surface area contributed by atoms with Crippen molar-refractivity contribution in [2.24, 2.45) is 5.92 Å². The summed E-state index contributed by atoms with van der Waals surface area (Å²) in [4.78, 5) is 0. The van der Waals surface area contributed by atoms with E-state index in [0.717, 1.165) is 25.2 Å². The highest BCUT2D eigenvalue weighted by atomic mass is 16.3. The molecule has 2 atom stereocenters. The molecule has 0 amide bonds. The van der Waals surface area contributed by atoms with Gasteiger partial charge in [-0.1, -0.05) is 6.08 Å². The van der Waals surface area contributed by atoms with Crippen LogP contribution in [0.25, 0.3) is 0 Å². The van der Waals surface area contributed by atoms with E-state index in [0.29, 0.717) is 0 Å². The first-order valence-electron chi connectivity index (χ1n) is 4.12. The molecule has 1 aliphatic rings. The maximum Gasteiger partial charge on any atom is 0.0543 e. The number of rotatable bonds is 3. The fraction of sp³-hybridized carbons (Fsp3) is 0.778. The Morgan fingerprint density at radius 2 is 2.30 bits per heavy atom. The van der Waals surface area contributed by atoms with Gasteiger partial charge in [0.25, 0.3) is 0 Å². The number of hydrogen-bond acceptors (Lipinski definition) is 1. The predicted octanol–water partition coefficient (Wildman–Crippen LogP) is 2.11. The lowest BCUT2D eigenvalue weighted by Gasteiger charge is -2.05. The lowest BCUT2D eigenvalue weighted by Crippen LogP contribution is -1.99. The topological polar surface area (TPSA) is 20.2 Å². The summed E-state index contributed by atoms with van der Waals surface area (Å²) in [6.07, 6.45) is 7.54. The monoisotopic (exact) mass is 140 g/mol. The fourth-order valence-electron chi connectivity index (χ4n) is 1.66. The van der Waals surface area contributed by atoms with Crippen LogP contribution in [0, 0.1) is 5.92 Å². The van der Waals surface area contributed by atoms with Gasteiger partial charge in [0.15, 0.2) is 0 Å². The van der Waals surface area contributed by atoms with Crippen molar-refractivity contribution in [1.29, 1.82) is 0 Å². The van der Waals surface area contributed by atoms with Gasteiger partial charge in [-0.05, 0) is 38.0 Å². The standard InChI is InChI=1S/C9H16O/c1-2-3-4-8-5-6-9(10)7-8/h2,8-10H,1,3-7H2. The van der Waals surface area contributed by atoms with Crippen molar-refractivity contribution in [2.45, 2.75) is 38.2 Å². The molecule has 1 rings (SSSR count). The molecular weight excluding hydrogens is 124 g/mol. The van der Waals surface area contributed by atoms with Gasteiger partial charge in [-0.3, -0.25) is 0 Å². The molecule has 58 valence electrons. The van der Waals surface area contributed by atoms with E-state index < -0.39 is 0 Å². The quantitative estimate of drug-likeness (QED) is 0.595. The number of allylic oxidation sites excluding steroid dienone is 1. The highest BCUT2D eigenvalue weighted by Crippen LogP contribution is 2.28. The zero-order chi connectivity index (χ0) is 7.40. The summed E-state index contributed by atoms with van der Waals surface area (Å²) >= 11 is 0. The highest BCUT2D eigenvalue weighted by Gasteiger charge is 2.21. The molecule has 1 aliphatic carbocycles. The van der Waals surface area contributed by atoms with Crippen LogP contribution in [0.4, 0.5) is 0 Å². The van der Waals surface area contributed by atoms with Crippen molar-refractivity contribution in [3.8, 4) is 0 Å². The van der Waals surface area contributed by atoms with Gasteiger partial charge in [-0.25, -0.2) is 0 Å². The summed E-state index contributed by atoms with van der Waals surface area (Å²) < 4.78 is 0. The van der Waals surface area contributed by atoms with Crippen LogP contribution >= 0.6 is 0 Å². The Labute approximate surface area is 62.8 Å². The summed E-state index contributed by atoms with van der Waals surface area (Å²) in [5, 5.41) is 9.17. The van der Waals surface area contributed by atoms with Gasteiger partial charge < -0.3 is 5.11 Å². The maximum atomic E-state index is 9.17. The largest absolute Gasteiger partial charge is 0.393 e. The van der Waals surface area contributed by atoms with E-state index in [-0.39, 0.29) is 6.10 Å². The number of aliphatic hydroxyl groups is 1. The van der Waals surface area contributed by atoms with Crippen molar-refractivity contribution in [3.63, 3.8) is 0 Å². The van der Waals surface area contributed by atoms with Gasteiger partial charge in [0.1, 0.15) is 0 Å². The van der Waals surface area contributed by atoms with Crippen molar-refractivity contribution >= 4 is 0 Å². The van der Waals surface area contributed by atoms with Gasteiger partial charge in [0.2, 0.25) is 0 Å². The fourth-order valence-corrected chi connectivity index (χ4v) is 1.66. The average Bonchev–Trinajstić information content (AvgIpc) is 2.31. The second kappa shape index (κ2) is 3.77. The first kappa shape index (κ1) is 7.80. The highest BCUT2D eigenvalue weighted by molar-refractivity contribution is 4.77. The molecule has 0 aromatic rings. The molecule has 1 fully saturated rings. The Balaban J connectivity index is 2.12. The minimum absolute atomic E-state index is 0.00480. The zero-order valence-corrected chi connectivity index (χ0v) is 6.42. The van der Waals surface area contributed by atoms with Gasteiger partial charge in [0, 0.05) is 0 Å². The van der Waals surface area contributed by atoms with Gasteiger partial charge in [-0.2, -0.15) is 0 Å². The van der Waals surface area contributed by atoms with E-state index in [4.69, 9.17) is 0 Å². The Hall–Kier alpha value is -0.300. The molecule has 10 heavy (non-hydrogen) atoms. The van der Waals surface area contributed by atoms with Crippen molar-refractivity contribution in [2.75, 3.05) is 0 Å². The van der Waals surface area contributed by atoms with E-state index >= 15 is 0 Å². The second-order valence-electron chi connectivity index (χ2n) is 3.20. The van der Waals surface area contributed by atoms with E-state index in [2.05, 4.69) is 6.58 Å². The van der Waals surface area contributed by atoms with E-state index in [1.165, 1.54) is 12.8 Å². The van der Waals surface area contributed by atoms with Crippen LogP contribution in [0.3, 0.4) is 0 Å². The molecule has 0 aliphatic heterocycles. The Morgan fingerprint density at radius 1 is 1.50 bits per heavy atom. The number of hydrogen-bond donors (Lipinski definition) is 1. The molecule has 1 N–H and O–H groups in total. The molecule has 1 saturated carbocycles. The molecule has 2 unspecified atom stereocenters. The third-order valence-corrected chi connectivity index (χ3v) is 2.29. The lowest BCUT2D eigenvalue weighted by molar-refractivity contribution is 0.177. The van der Waals surface area contributed by atoms with Crippen LogP contribution in [0.1, 0.15) is 32.1 Å². The molecular formula is C9H16O. The smallest absolute Gasteiger partial charge is 0.0543 e. The molecule has 0 bridgehead atoms. The van der Waals surface area contributed by atoms with Crippen molar-refractivity contribution in [3.05, 3.63) is 12.7 Å². The summed E-state index contributed by atoms with van der Waals surface area (Å²) in [5.74, 6) is 0.771. The van der Waals surface area contributed by atoms with Crippen LogP contribution in [-0.4, -0.2) is 11.2 Å². The molecule has 1 nitrogen and oxygen atoms in total. The summed E-state index contributed by atoms with van der Waals surface area (Å²) in [5.41, 5.74) is 0. The minimum Gasteiger partial charge on any atom is -0.393 e. The van der Waals surface area contributed by atoms with Crippen LogP contribution < -0.4 is 0 Å².